The summed E-state index contributed by atoms with van der Waals surface area (Å²) in [7, 11) is 0. The average Bonchev–Trinajstić information content (AvgIpc) is 1.85. The van der Waals surface area contributed by atoms with Crippen molar-refractivity contribution in [3.8, 4) is 0 Å². The van der Waals surface area contributed by atoms with Gasteiger partial charge in [-0.2, -0.15) is 0 Å². The van der Waals surface area contributed by atoms with Gasteiger partial charge in [0.25, 0.3) is 0 Å². The summed E-state index contributed by atoms with van der Waals surface area (Å²) in [6.45, 7) is 2.02. The van der Waals surface area contributed by atoms with Gasteiger partial charge in [-0.3, -0.25) is 0 Å². The number of halogens is 2. The number of aromatic nitrogens is 1. The van der Waals surface area contributed by atoms with Crippen LogP contribution >= 0.6 is 56.5 Å². The summed E-state index contributed by atoms with van der Waals surface area (Å²) in [6.07, 6.45) is 0. The van der Waals surface area contributed by atoms with E-state index >= 15 is 0 Å². The Balaban J connectivity index is 3.14. The van der Waals surface area contributed by atoms with Gasteiger partial charge in [-0.15, -0.1) is 11.3 Å². The molecule has 44 valence electrons. The molecule has 1 aromatic heterocycles. The summed E-state index contributed by atoms with van der Waals surface area (Å²) < 4.78 is 2.42. The Morgan fingerprint density at radius 1 is 1.50 bits per heavy atom. The molecule has 0 saturated carbocycles. The van der Waals surface area contributed by atoms with Crippen LogP contribution in [0.15, 0.2) is 0 Å². The van der Waals surface area contributed by atoms with Gasteiger partial charge in [-0.25, -0.2) is 4.98 Å². The van der Waals surface area contributed by atoms with Crippen molar-refractivity contribution in [3.05, 3.63) is 11.6 Å². The molecule has 0 bridgehead atoms. The lowest BCUT2D eigenvalue weighted by Gasteiger charge is -1.73. The van der Waals surface area contributed by atoms with E-state index in [9.17, 15) is 0 Å². The van der Waals surface area contributed by atoms with Gasteiger partial charge in [0.15, 0.2) is 0 Å². The van der Waals surface area contributed by atoms with E-state index in [2.05, 4.69) is 50.2 Å². The van der Waals surface area contributed by atoms with Crippen LogP contribution in [0.2, 0.25) is 0 Å². The third-order valence-electron chi connectivity index (χ3n) is 0.655. The summed E-state index contributed by atoms with van der Waals surface area (Å²) >= 11 is 6.27. The molecule has 0 aromatic carbocycles. The van der Waals surface area contributed by atoms with E-state index < -0.39 is 0 Å². The van der Waals surface area contributed by atoms with Crippen LogP contribution in [0.1, 0.15) is 5.01 Å². The van der Waals surface area contributed by atoms with Gasteiger partial charge < -0.3 is 0 Å². The Labute approximate surface area is 79.2 Å². The van der Waals surface area contributed by atoms with Crippen molar-refractivity contribution in [3.63, 3.8) is 0 Å². The topological polar surface area (TPSA) is 12.9 Å². The van der Waals surface area contributed by atoms with Crippen molar-refractivity contribution >= 4 is 56.5 Å². The Bertz CT molecular complexity index is 176. The quantitative estimate of drug-likeness (QED) is 0.655. The fourth-order valence-corrected chi connectivity index (χ4v) is 2.84. The largest absolute Gasteiger partial charge is 0.234 e. The van der Waals surface area contributed by atoms with Gasteiger partial charge in [0, 0.05) is 0 Å². The molecule has 4 heteroatoms. The minimum atomic E-state index is 1.13. The summed E-state index contributed by atoms with van der Waals surface area (Å²) in [5.74, 6) is 0. The van der Waals surface area contributed by atoms with Crippen molar-refractivity contribution in [2.75, 3.05) is 0 Å². The molecule has 1 nitrogen and oxygen atoms in total. The predicted octanol–water partition coefficient (Wildman–Crippen LogP) is 2.66. The van der Waals surface area contributed by atoms with Crippen molar-refractivity contribution in [2.24, 2.45) is 0 Å². The maximum absolute atomic E-state index is 4.21. The normalized spacial score (nSPS) is 9.88. The van der Waals surface area contributed by atoms with E-state index in [4.69, 9.17) is 0 Å². The molecule has 0 fully saturated rings. The summed E-state index contributed by atoms with van der Waals surface area (Å²) in [6, 6.07) is 0. The first-order chi connectivity index (χ1) is 3.70. The van der Waals surface area contributed by atoms with E-state index in [-0.39, 0.29) is 0 Å². The molecule has 0 aliphatic carbocycles. The maximum Gasteiger partial charge on any atom is 0.125 e. The minimum absolute atomic E-state index is 1.13. The molecule has 0 amide bonds. The zero-order valence-electron chi connectivity index (χ0n) is 4.11. The van der Waals surface area contributed by atoms with Gasteiger partial charge in [0.2, 0.25) is 0 Å². The highest BCUT2D eigenvalue weighted by Gasteiger charge is 1.99. The van der Waals surface area contributed by atoms with Crippen LogP contribution < -0.4 is 0 Å². The van der Waals surface area contributed by atoms with Crippen LogP contribution in [0.25, 0.3) is 0 Å². The Hall–Kier alpha value is 1.09. The SMILES string of the molecule is Cc1nc(I)c(I)s1. The molecule has 0 radical (unpaired) electrons. The zero-order valence-corrected chi connectivity index (χ0v) is 9.24. The fraction of sp³-hybridized carbons (Fsp3) is 0.250. The third-order valence-corrected chi connectivity index (χ3v) is 4.76. The second kappa shape index (κ2) is 2.78. The second-order valence-electron chi connectivity index (χ2n) is 1.30. The van der Waals surface area contributed by atoms with Crippen molar-refractivity contribution in [1.29, 1.82) is 0 Å². The molecule has 8 heavy (non-hydrogen) atoms. The van der Waals surface area contributed by atoms with E-state index in [1.807, 2.05) is 6.92 Å². The molecule has 0 saturated heterocycles. The third kappa shape index (κ3) is 1.53. The van der Waals surface area contributed by atoms with Gasteiger partial charge in [-0.1, -0.05) is 0 Å². The Kier molecular flexibility index (Phi) is 2.50. The average molecular weight is 351 g/mol. The molecule has 0 aliphatic heterocycles. The first kappa shape index (κ1) is 7.20. The lowest BCUT2D eigenvalue weighted by Crippen LogP contribution is -1.69. The molecule has 0 aliphatic rings. The highest BCUT2D eigenvalue weighted by molar-refractivity contribution is 14.1. The van der Waals surface area contributed by atoms with Crippen LogP contribution in [0, 0.1) is 13.5 Å². The fourth-order valence-electron chi connectivity index (χ4n) is 0.377. The van der Waals surface area contributed by atoms with E-state index in [0.29, 0.717) is 0 Å². The number of hydrogen-bond donors (Lipinski definition) is 0. The zero-order chi connectivity index (χ0) is 6.15. The number of thiazole rings is 1. The highest BCUT2D eigenvalue weighted by atomic mass is 127. The van der Waals surface area contributed by atoms with E-state index in [0.717, 1.165) is 8.71 Å². The van der Waals surface area contributed by atoms with Crippen molar-refractivity contribution in [1.82, 2.24) is 4.98 Å². The Morgan fingerprint density at radius 3 is 2.25 bits per heavy atom. The minimum Gasteiger partial charge on any atom is -0.234 e. The molecule has 1 aromatic rings. The van der Waals surface area contributed by atoms with Gasteiger partial charge in [0.1, 0.15) is 3.70 Å². The lowest BCUT2D eigenvalue weighted by molar-refractivity contribution is 1.25. The van der Waals surface area contributed by atoms with Crippen LogP contribution in [-0.4, -0.2) is 4.98 Å². The first-order valence-corrected chi connectivity index (χ1v) is 4.96. The highest BCUT2D eigenvalue weighted by Crippen LogP contribution is 2.20. The molecule has 0 atom stereocenters. The number of nitrogens with zero attached hydrogens (tertiary/aromatic N) is 1. The standard InChI is InChI=1S/C4H3I2NS/c1-2-7-3(5)4(6)8-2/h1H3. The van der Waals surface area contributed by atoms with Crippen LogP contribution in [0.4, 0.5) is 0 Å². The number of rotatable bonds is 0. The van der Waals surface area contributed by atoms with Crippen LogP contribution in [0.3, 0.4) is 0 Å². The van der Waals surface area contributed by atoms with Gasteiger partial charge in [-0.05, 0) is 52.1 Å². The molecule has 1 heterocycles. The van der Waals surface area contributed by atoms with Crippen molar-refractivity contribution < 1.29 is 0 Å². The Morgan fingerprint density at radius 2 is 2.12 bits per heavy atom. The van der Waals surface area contributed by atoms with Crippen LogP contribution in [0.5, 0.6) is 0 Å². The van der Waals surface area contributed by atoms with Crippen molar-refractivity contribution in [2.45, 2.75) is 6.92 Å². The van der Waals surface area contributed by atoms with Gasteiger partial charge >= 0.3 is 0 Å². The lowest BCUT2D eigenvalue weighted by atomic mass is 10.8. The smallest absolute Gasteiger partial charge is 0.125 e. The maximum atomic E-state index is 4.21. The number of hydrogen-bond acceptors (Lipinski definition) is 2. The first-order valence-electron chi connectivity index (χ1n) is 1.98. The second-order valence-corrected chi connectivity index (χ2v) is 5.33. The van der Waals surface area contributed by atoms with Crippen LogP contribution in [-0.2, 0) is 0 Å². The van der Waals surface area contributed by atoms with E-state index in [1.54, 1.807) is 11.3 Å². The molecule has 0 spiro atoms. The molecule has 0 N–H and O–H groups in total. The predicted molar refractivity (Wildman–Crippen MR) is 52.3 cm³/mol. The number of aryl methyl sites for hydroxylation is 1. The van der Waals surface area contributed by atoms with Gasteiger partial charge in [0.05, 0.1) is 7.89 Å². The summed E-state index contributed by atoms with van der Waals surface area (Å²) in [5, 5.41) is 1.15. The van der Waals surface area contributed by atoms with E-state index in [1.165, 1.54) is 2.88 Å². The molecular formula is C4H3I2NS. The molecule has 1 rings (SSSR count). The monoisotopic (exact) mass is 351 g/mol. The summed E-state index contributed by atoms with van der Waals surface area (Å²) in [4.78, 5) is 4.21. The molecule has 0 unspecified atom stereocenters. The molecular weight excluding hydrogens is 348 g/mol. The summed E-state index contributed by atoms with van der Waals surface area (Å²) in [5.41, 5.74) is 0.